The predicted octanol–water partition coefficient (Wildman–Crippen LogP) is 2.82. The van der Waals surface area contributed by atoms with Gasteiger partial charge in [-0.3, -0.25) is 14.4 Å². The molecule has 0 bridgehead atoms. The number of fused-ring (bicyclic) bond motifs is 1. The summed E-state index contributed by atoms with van der Waals surface area (Å²) < 4.78 is 20.2. The summed E-state index contributed by atoms with van der Waals surface area (Å²) in [6.07, 6.45) is 4.85. The molecule has 3 atom stereocenters. The van der Waals surface area contributed by atoms with E-state index in [1.54, 1.807) is 20.8 Å². The van der Waals surface area contributed by atoms with Crippen molar-refractivity contribution < 1.29 is 23.5 Å². The normalized spacial score (nSPS) is 21.9. The fourth-order valence-corrected chi connectivity index (χ4v) is 4.75. The van der Waals surface area contributed by atoms with Crippen LogP contribution in [0.3, 0.4) is 0 Å². The minimum atomic E-state index is -1.02. The van der Waals surface area contributed by atoms with Gasteiger partial charge in [0.05, 0.1) is 5.56 Å². The van der Waals surface area contributed by atoms with Gasteiger partial charge in [0.25, 0.3) is 5.91 Å². The van der Waals surface area contributed by atoms with Crippen LogP contribution in [0.25, 0.3) is 0 Å². The van der Waals surface area contributed by atoms with E-state index >= 15 is 0 Å². The van der Waals surface area contributed by atoms with Crippen molar-refractivity contribution in [2.75, 3.05) is 0 Å². The van der Waals surface area contributed by atoms with E-state index in [-0.39, 0.29) is 31.0 Å². The van der Waals surface area contributed by atoms with Gasteiger partial charge in [-0.05, 0) is 69.6 Å². The van der Waals surface area contributed by atoms with Crippen molar-refractivity contribution in [3.63, 3.8) is 0 Å². The molecule has 1 aromatic rings. The van der Waals surface area contributed by atoms with Crippen LogP contribution in [-0.4, -0.2) is 40.4 Å². The van der Waals surface area contributed by atoms with Crippen molar-refractivity contribution in [2.45, 2.75) is 89.9 Å². The lowest BCUT2D eigenvalue weighted by Crippen LogP contribution is -2.45. The van der Waals surface area contributed by atoms with Crippen molar-refractivity contribution in [1.29, 1.82) is 0 Å². The zero-order valence-electron chi connectivity index (χ0n) is 19.2. The Bertz CT molecular complexity index is 896. The highest BCUT2D eigenvalue weighted by atomic mass is 19.1. The first-order valence-electron chi connectivity index (χ1n) is 11.4. The minimum Gasteiger partial charge on any atom is -0.460 e. The third kappa shape index (κ3) is 5.65. The minimum absolute atomic E-state index is 0.0230. The molecule has 0 radical (unpaired) electrons. The van der Waals surface area contributed by atoms with Crippen molar-refractivity contribution in [3.05, 3.63) is 34.6 Å². The zero-order chi connectivity index (χ0) is 23.6. The quantitative estimate of drug-likeness (QED) is 0.624. The Morgan fingerprint density at radius 3 is 2.56 bits per heavy atom. The maximum absolute atomic E-state index is 14.9. The van der Waals surface area contributed by atoms with Gasteiger partial charge in [0.1, 0.15) is 17.5 Å². The highest BCUT2D eigenvalue weighted by Gasteiger charge is 2.38. The summed E-state index contributed by atoms with van der Waals surface area (Å²) in [6.45, 7) is 5.32. The summed E-state index contributed by atoms with van der Waals surface area (Å²) in [4.78, 5) is 38.4. The number of ether oxygens (including phenoxy) is 1. The topological polar surface area (TPSA) is 116 Å². The van der Waals surface area contributed by atoms with Crippen LogP contribution in [0.1, 0.15) is 80.8 Å². The lowest BCUT2D eigenvalue weighted by Gasteiger charge is -2.28. The van der Waals surface area contributed by atoms with E-state index in [1.165, 1.54) is 11.0 Å². The van der Waals surface area contributed by atoms with Gasteiger partial charge in [-0.25, -0.2) is 4.39 Å². The molecule has 0 aromatic heterocycles. The third-order valence-corrected chi connectivity index (χ3v) is 6.26. The Kier molecular flexibility index (Phi) is 7.22. The van der Waals surface area contributed by atoms with Gasteiger partial charge >= 0.3 is 5.97 Å². The van der Waals surface area contributed by atoms with Gasteiger partial charge in [-0.15, -0.1) is 0 Å². The van der Waals surface area contributed by atoms with Gasteiger partial charge < -0.3 is 21.1 Å². The van der Waals surface area contributed by atoms with E-state index in [0.717, 1.165) is 31.2 Å². The standard InChI is InChI=1S/C24H34FN3O4/c1-24(2,3)32-20(29)9-8-19(22(27)30)28-13-16-11-14(12-17(25)21(16)23(28)31)10-15-6-4-5-7-18(15)26/h11-12,15,18-19H,4-10,13,26H2,1-3H3,(H2,27,30)/t15-,18+,19+/m1/s1. The number of esters is 1. The van der Waals surface area contributed by atoms with E-state index < -0.39 is 35.2 Å². The highest BCUT2D eigenvalue weighted by molar-refractivity contribution is 6.01. The number of rotatable bonds is 7. The summed E-state index contributed by atoms with van der Waals surface area (Å²) in [5, 5.41) is 0. The Morgan fingerprint density at radius 1 is 1.25 bits per heavy atom. The number of carbonyl (C=O) groups is 3. The summed E-state index contributed by atoms with van der Waals surface area (Å²) in [5.74, 6) is -2.09. The molecule has 3 rings (SSSR count). The number of nitrogens with two attached hydrogens (primary N) is 2. The van der Waals surface area contributed by atoms with Crippen LogP contribution in [0.5, 0.6) is 0 Å². The smallest absolute Gasteiger partial charge is 0.306 e. The van der Waals surface area contributed by atoms with Gasteiger partial charge in [-0.2, -0.15) is 0 Å². The number of hydrogen-bond donors (Lipinski definition) is 2. The first-order valence-corrected chi connectivity index (χ1v) is 11.4. The first kappa shape index (κ1) is 24.2. The first-order chi connectivity index (χ1) is 15.0. The van der Waals surface area contributed by atoms with Gasteiger partial charge in [-0.1, -0.05) is 18.9 Å². The van der Waals surface area contributed by atoms with Crippen molar-refractivity contribution in [1.82, 2.24) is 4.90 Å². The van der Waals surface area contributed by atoms with Gasteiger partial charge in [0.15, 0.2) is 0 Å². The monoisotopic (exact) mass is 447 g/mol. The zero-order valence-corrected chi connectivity index (χ0v) is 19.2. The van der Waals surface area contributed by atoms with Crippen LogP contribution in [0.4, 0.5) is 4.39 Å². The molecule has 1 aliphatic carbocycles. The third-order valence-electron chi connectivity index (χ3n) is 6.26. The molecule has 32 heavy (non-hydrogen) atoms. The highest BCUT2D eigenvalue weighted by Crippen LogP contribution is 2.32. The maximum atomic E-state index is 14.9. The second-order valence-electron chi connectivity index (χ2n) is 10.0. The van der Waals surface area contributed by atoms with Crippen LogP contribution < -0.4 is 11.5 Å². The molecular weight excluding hydrogens is 413 g/mol. The Labute approximate surface area is 188 Å². The van der Waals surface area contributed by atoms with E-state index in [9.17, 15) is 18.8 Å². The number of amides is 2. The largest absolute Gasteiger partial charge is 0.460 e. The Balaban J connectivity index is 1.73. The average Bonchev–Trinajstić information content (AvgIpc) is 2.99. The summed E-state index contributed by atoms with van der Waals surface area (Å²) >= 11 is 0. The van der Waals surface area contributed by atoms with Gasteiger partial charge in [0, 0.05) is 19.0 Å². The second-order valence-corrected chi connectivity index (χ2v) is 10.0. The number of benzene rings is 1. The number of primary amides is 1. The molecule has 176 valence electrons. The number of hydrogen-bond acceptors (Lipinski definition) is 5. The predicted molar refractivity (Wildman–Crippen MR) is 118 cm³/mol. The van der Waals surface area contributed by atoms with Crippen LogP contribution in [-0.2, 0) is 27.3 Å². The van der Waals surface area contributed by atoms with Crippen LogP contribution >= 0.6 is 0 Å². The molecule has 1 aromatic carbocycles. The fraction of sp³-hybridized carbons (Fsp3) is 0.625. The van der Waals surface area contributed by atoms with Gasteiger partial charge in [0.2, 0.25) is 5.91 Å². The number of halogens is 1. The molecule has 0 spiro atoms. The summed E-state index contributed by atoms with van der Waals surface area (Å²) in [7, 11) is 0. The molecule has 7 nitrogen and oxygen atoms in total. The average molecular weight is 448 g/mol. The van der Waals surface area contributed by atoms with Crippen LogP contribution in [0.15, 0.2) is 12.1 Å². The van der Waals surface area contributed by atoms with E-state index in [4.69, 9.17) is 16.2 Å². The lowest BCUT2D eigenvalue weighted by atomic mass is 9.81. The molecule has 1 aliphatic heterocycles. The molecule has 0 saturated heterocycles. The second kappa shape index (κ2) is 9.57. The molecule has 0 unspecified atom stereocenters. The van der Waals surface area contributed by atoms with E-state index in [2.05, 4.69) is 0 Å². The maximum Gasteiger partial charge on any atom is 0.306 e. The summed E-state index contributed by atoms with van der Waals surface area (Å²) in [5.41, 5.74) is 12.5. The number of nitrogens with zero attached hydrogens (tertiary/aromatic N) is 1. The van der Waals surface area contributed by atoms with Crippen LogP contribution in [0.2, 0.25) is 0 Å². The molecule has 4 N–H and O–H groups in total. The molecule has 1 heterocycles. The van der Waals surface area contributed by atoms with Crippen molar-refractivity contribution >= 4 is 17.8 Å². The Morgan fingerprint density at radius 2 is 1.94 bits per heavy atom. The van der Waals surface area contributed by atoms with E-state index in [0.29, 0.717) is 17.9 Å². The molecule has 2 amide bonds. The summed E-state index contributed by atoms with van der Waals surface area (Å²) in [6, 6.07) is 2.33. The van der Waals surface area contributed by atoms with Crippen LogP contribution in [0, 0.1) is 11.7 Å². The molecule has 1 saturated carbocycles. The molecule has 2 aliphatic rings. The van der Waals surface area contributed by atoms with Crippen molar-refractivity contribution in [3.8, 4) is 0 Å². The Hall–Kier alpha value is -2.48. The van der Waals surface area contributed by atoms with E-state index in [1.807, 2.05) is 6.07 Å². The number of carbonyl (C=O) groups excluding carboxylic acids is 3. The molecular formula is C24H34FN3O4. The van der Waals surface area contributed by atoms with Crippen molar-refractivity contribution in [2.24, 2.45) is 17.4 Å². The molecule has 8 heteroatoms. The molecule has 1 fully saturated rings. The SMILES string of the molecule is CC(C)(C)OC(=O)CC[C@@H](C(N)=O)N1Cc2cc(C[C@H]3CCCC[C@@H]3N)cc(F)c2C1=O. The fourth-order valence-electron chi connectivity index (χ4n) is 4.75. The lowest BCUT2D eigenvalue weighted by molar-refractivity contribution is -0.155.